The van der Waals surface area contributed by atoms with Crippen molar-refractivity contribution in [2.24, 2.45) is 11.8 Å². The van der Waals surface area contributed by atoms with Crippen molar-refractivity contribution in [1.29, 1.82) is 0 Å². The number of aromatic nitrogens is 2. The summed E-state index contributed by atoms with van der Waals surface area (Å²) in [6.07, 6.45) is 4.10. The lowest BCUT2D eigenvalue weighted by atomic mass is 9.98. The number of nitrogen functional groups attached to an aromatic ring is 1. The third-order valence-electron chi connectivity index (χ3n) is 4.45. The van der Waals surface area contributed by atoms with Crippen molar-refractivity contribution >= 4 is 22.4 Å². The highest BCUT2D eigenvalue weighted by molar-refractivity contribution is 5.90. The smallest absolute Gasteiger partial charge is 0.137 e. The molecular formula is C15H20N4. The van der Waals surface area contributed by atoms with Crippen LogP contribution in [-0.4, -0.2) is 16.0 Å². The van der Waals surface area contributed by atoms with Gasteiger partial charge in [-0.2, -0.15) is 0 Å². The molecule has 1 aromatic heterocycles. The predicted octanol–water partition coefficient (Wildman–Crippen LogP) is 3.06. The minimum absolute atomic E-state index is 0.505. The van der Waals surface area contributed by atoms with E-state index in [9.17, 15) is 0 Å². The zero-order valence-corrected chi connectivity index (χ0v) is 11.4. The Bertz CT molecular complexity index is 596. The molecule has 3 N–H and O–H groups in total. The van der Waals surface area contributed by atoms with Gasteiger partial charge in [0.1, 0.15) is 12.1 Å². The van der Waals surface area contributed by atoms with Crippen molar-refractivity contribution in [3.63, 3.8) is 0 Å². The van der Waals surface area contributed by atoms with Gasteiger partial charge in [0.25, 0.3) is 0 Å². The van der Waals surface area contributed by atoms with Crippen molar-refractivity contribution in [2.45, 2.75) is 32.7 Å². The lowest BCUT2D eigenvalue weighted by Gasteiger charge is -2.20. The van der Waals surface area contributed by atoms with Crippen LogP contribution < -0.4 is 11.1 Å². The molecule has 0 spiro atoms. The number of hydrogen-bond donors (Lipinski definition) is 2. The summed E-state index contributed by atoms with van der Waals surface area (Å²) in [5, 5.41) is 4.64. The van der Waals surface area contributed by atoms with Crippen LogP contribution in [0, 0.1) is 11.8 Å². The van der Waals surface area contributed by atoms with Crippen LogP contribution in [0.15, 0.2) is 24.5 Å². The van der Waals surface area contributed by atoms with Gasteiger partial charge in [-0.1, -0.05) is 13.8 Å². The van der Waals surface area contributed by atoms with Crippen LogP contribution in [-0.2, 0) is 0 Å². The number of nitrogens with one attached hydrogen (secondary N) is 1. The molecule has 0 radical (unpaired) electrons. The summed E-state index contributed by atoms with van der Waals surface area (Å²) < 4.78 is 0. The second-order valence-corrected chi connectivity index (χ2v) is 5.66. The summed E-state index contributed by atoms with van der Waals surface area (Å²) in [4.78, 5) is 8.68. The fraction of sp³-hybridized carbons (Fsp3) is 0.467. The largest absolute Gasteiger partial charge is 0.399 e. The van der Waals surface area contributed by atoms with Gasteiger partial charge in [-0.15, -0.1) is 0 Å². The summed E-state index contributed by atoms with van der Waals surface area (Å²) in [5.41, 5.74) is 7.43. The molecular weight excluding hydrogens is 236 g/mol. The van der Waals surface area contributed by atoms with E-state index in [2.05, 4.69) is 29.1 Å². The number of fused-ring (bicyclic) bond motifs is 1. The summed E-state index contributed by atoms with van der Waals surface area (Å²) in [6, 6.07) is 6.29. The van der Waals surface area contributed by atoms with E-state index in [0.29, 0.717) is 12.0 Å². The summed E-state index contributed by atoms with van der Waals surface area (Å²) in [5.74, 6) is 2.39. The van der Waals surface area contributed by atoms with Crippen molar-refractivity contribution in [3.05, 3.63) is 24.5 Å². The molecule has 4 heteroatoms. The third-order valence-corrected chi connectivity index (χ3v) is 4.45. The van der Waals surface area contributed by atoms with E-state index < -0.39 is 0 Å². The Kier molecular flexibility index (Phi) is 3.01. The molecule has 3 rings (SSSR count). The van der Waals surface area contributed by atoms with Crippen LogP contribution in [0.4, 0.5) is 11.5 Å². The predicted molar refractivity (Wildman–Crippen MR) is 78.9 cm³/mol. The average Bonchev–Trinajstić information content (AvgIpc) is 2.71. The Hall–Kier alpha value is -1.84. The Labute approximate surface area is 113 Å². The molecule has 0 bridgehead atoms. The molecule has 1 aliphatic carbocycles. The second-order valence-electron chi connectivity index (χ2n) is 5.66. The number of rotatable bonds is 2. The van der Waals surface area contributed by atoms with E-state index in [0.717, 1.165) is 28.3 Å². The second kappa shape index (κ2) is 4.68. The summed E-state index contributed by atoms with van der Waals surface area (Å²) in [6.45, 7) is 4.64. The number of anilines is 2. The fourth-order valence-corrected chi connectivity index (χ4v) is 2.93. The van der Waals surface area contributed by atoms with Gasteiger partial charge in [0, 0.05) is 17.1 Å². The molecule has 3 unspecified atom stereocenters. The van der Waals surface area contributed by atoms with Gasteiger partial charge >= 0.3 is 0 Å². The molecule has 3 atom stereocenters. The van der Waals surface area contributed by atoms with E-state index >= 15 is 0 Å². The van der Waals surface area contributed by atoms with Crippen molar-refractivity contribution < 1.29 is 0 Å². The minimum Gasteiger partial charge on any atom is -0.399 e. The summed E-state index contributed by atoms with van der Waals surface area (Å²) in [7, 11) is 0. The SMILES string of the molecule is CC1CCC(Nc2ncnc3cc(N)ccc23)C1C. The third kappa shape index (κ3) is 2.23. The van der Waals surface area contributed by atoms with Gasteiger partial charge in [0.05, 0.1) is 5.52 Å². The highest BCUT2D eigenvalue weighted by Gasteiger charge is 2.30. The molecule has 19 heavy (non-hydrogen) atoms. The average molecular weight is 256 g/mol. The van der Waals surface area contributed by atoms with E-state index in [1.165, 1.54) is 12.8 Å². The maximum Gasteiger partial charge on any atom is 0.137 e. The molecule has 2 aromatic rings. The topological polar surface area (TPSA) is 63.8 Å². The normalized spacial score (nSPS) is 26.7. The summed E-state index contributed by atoms with van der Waals surface area (Å²) >= 11 is 0. The van der Waals surface area contributed by atoms with Gasteiger partial charge in [-0.05, 0) is 42.9 Å². The number of nitrogens with zero attached hydrogens (tertiary/aromatic N) is 2. The Balaban J connectivity index is 1.93. The first-order chi connectivity index (χ1) is 9.15. The highest BCUT2D eigenvalue weighted by Crippen LogP contribution is 2.34. The quantitative estimate of drug-likeness (QED) is 0.811. The molecule has 0 amide bonds. The van der Waals surface area contributed by atoms with Gasteiger partial charge in [-0.25, -0.2) is 9.97 Å². The van der Waals surface area contributed by atoms with E-state index in [1.807, 2.05) is 18.2 Å². The van der Waals surface area contributed by atoms with Crippen molar-refractivity contribution in [2.75, 3.05) is 11.1 Å². The molecule has 100 valence electrons. The first-order valence-corrected chi connectivity index (χ1v) is 6.92. The van der Waals surface area contributed by atoms with Crippen LogP contribution >= 0.6 is 0 Å². The zero-order chi connectivity index (χ0) is 13.4. The molecule has 1 aromatic carbocycles. The van der Waals surface area contributed by atoms with Gasteiger partial charge in [-0.3, -0.25) is 0 Å². The maximum absolute atomic E-state index is 5.80. The fourth-order valence-electron chi connectivity index (χ4n) is 2.93. The molecule has 1 heterocycles. The van der Waals surface area contributed by atoms with Crippen molar-refractivity contribution in [3.8, 4) is 0 Å². The Morgan fingerprint density at radius 3 is 2.79 bits per heavy atom. The van der Waals surface area contributed by atoms with Crippen LogP contribution in [0.2, 0.25) is 0 Å². The number of nitrogens with two attached hydrogens (primary N) is 1. The number of hydrogen-bond acceptors (Lipinski definition) is 4. The number of benzene rings is 1. The highest BCUT2D eigenvalue weighted by atomic mass is 15.0. The maximum atomic E-state index is 5.80. The van der Waals surface area contributed by atoms with E-state index in [4.69, 9.17) is 5.73 Å². The van der Waals surface area contributed by atoms with E-state index in [1.54, 1.807) is 6.33 Å². The van der Waals surface area contributed by atoms with Gasteiger partial charge in [0.15, 0.2) is 0 Å². The first-order valence-electron chi connectivity index (χ1n) is 6.92. The van der Waals surface area contributed by atoms with E-state index in [-0.39, 0.29) is 0 Å². The Morgan fingerprint density at radius 2 is 2.05 bits per heavy atom. The lowest BCUT2D eigenvalue weighted by Crippen LogP contribution is -2.24. The standard InChI is InChI=1S/C15H20N4/c1-9-3-6-13(10(9)2)19-15-12-5-4-11(16)7-14(12)17-8-18-15/h4-5,7-10,13H,3,6,16H2,1-2H3,(H,17,18,19). The lowest BCUT2D eigenvalue weighted by molar-refractivity contribution is 0.435. The first kappa shape index (κ1) is 12.2. The monoisotopic (exact) mass is 256 g/mol. The van der Waals surface area contributed by atoms with Crippen LogP contribution in [0.25, 0.3) is 10.9 Å². The van der Waals surface area contributed by atoms with Crippen LogP contribution in [0.3, 0.4) is 0 Å². The molecule has 0 aliphatic heterocycles. The molecule has 4 nitrogen and oxygen atoms in total. The zero-order valence-electron chi connectivity index (χ0n) is 11.4. The minimum atomic E-state index is 0.505. The van der Waals surface area contributed by atoms with Crippen LogP contribution in [0.5, 0.6) is 0 Å². The van der Waals surface area contributed by atoms with Gasteiger partial charge < -0.3 is 11.1 Å². The molecule has 1 fully saturated rings. The van der Waals surface area contributed by atoms with Gasteiger partial charge in [0.2, 0.25) is 0 Å². The molecule has 1 aliphatic rings. The van der Waals surface area contributed by atoms with Crippen molar-refractivity contribution in [1.82, 2.24) is 9.97 Å². The molecule has 1 saturated carbocycles. The van der Waals surface area contributed by atoms with Crippen LogP contribution in [0.1, 0.15) is 26.7 Å². The Morgan fingerprint density at radius 1 is 1.21 bits per heavy atom. The molecule has 0 saturated heterocycles.